The SMILES string of the molecule is NC(=O)c1cccc(CNc2c(F)cccc2[N+](=O)[O-])c1. The molecule has 6 nitrogen and oxygen atoms in total. The first-order chi connectivity index (χ1) is 9.99. The van der Waals surface area contributed by atoms with Gasteiger partial charge in [0, 0.05) is 18.2 Å². The van der Waals surface area contributed by atoms with Gasteiger partial charge >= 0.3 is 0 Å². The van der Waals surface area contributed by atoms with Crippen LogP contribution < -0.4 is 11.1 Å². The average molecular weight is 289 g/mol. The van der Waals surface area contributed by atoms with Crippen LogP contribution in [0.1, 0.15) is 15.9 Å². The fourth-order valence-corrected chi connectivity index (χ4v) is 1.86. The third-order valence-electron chi connectivity index (χ3n) is 2.87. The first-order valence-electron chi connectivity index (χ1n) is 6.04. The van der Waals surface area contributed by atoms with Crippen molar-refractivity contribution in [3.63, 3.8) is 0 Å². The van der Waals surface area contributed by atoms with Gasteiger partial charge in [-0.15, -0.1) is 0 Å². The van der Waals surface area contributed by atoms with Gasteiger partial charge in [0.2, 0.25) is 5.91 Å². The van der Waals surface area contributed by atoms with Crippen LogP contribution in [0.15, 0.2) is 42.5 Å². The highest BCUT2D eigenvalue weighted by atomic mass is 19.1. The van der Waals surface area contributed by atoms with Crippen molar-refractivity contribution in [2.75, 3.05) is 5.32 Å². The summed E-state index contributed by atoms with van der Waals surface area (Å²) in [6.45, 7) is 0.128. The minimum atomic E-state index is -0.713. The number of nitrogens with one attached hydrogen (secondary N) is 1. The van der Waals surface area contributed by atoms with E-state index in [0.29, 0.717) is 11.1 Å². The summed E-state index contributed by atoms with van der Waals surface area (Å²) in [5.41, 5.74) is 5.61. The average Bonchev–Trinajstić information content (AvgIpc) is 2.46. The molecular formula is C14H12FN3O3. The molecule has 3 N–H and O–H groups in total. The van der Waals surface area contributed by atoms with Gasteiger partial charge in [0.05, 0.1) is 4.92 Å². The molecular weight excluding hydrogens is 277 g/mol. The molecule has 0 aliphatic carbocycles. The Kier molecular flexibility index (Phi) is 4.13. The molecule has 2 aromatic rings. The summed E-state index contributed by atoms with van der Waals surface area (Å²) in [6, 6.07) is 10.0. The van der Waals surface area contributed by atoms with Crippen LogP contribution in [0.4, 0.5) is 15.8 Å². The summed E-state index contributed by atoms with van der Waals surface area (Å²) >= 11 is 0. The summed E-state index contributed by atoms with van der Waals surface area (Å²) in [6.07, 6.45) is 0. The van der Waals surface area contributed by atoms with Crippen molar-refractivity contribution < 1.29 is 14.1 Å². The molecule has 7 heteroatoms. The zero-order valence-corrected chi connectivity index (χ0v) is 10.9. The van der Waals surface area contributed by atoms with E-state index in [1.165, 1.54) is 12.1 Å². The number of halogens is 1. The molecule has 0 unspecified atom stereocenters. The standard InChI is InChI=1S/C14H12FN3O3/c15-11-5-2-6-12(18(20)21)13(11)17-8-9-3-1-4-10(7-9)14(16)19/h1-7,17H,8H2,(H2,16,19). The van der Waals surface area contributed by atoms with Crippen LogP contribution in [-0.4, -0.2) is 10.8 Å². The van der Waals surface area contributed by atoms with Crippen molar-refractivity contribution in [2.24, 2.45) is 5.73 Å². The molecule has 0 saturated carbocycles. The quantitative estimate of drug-likeness (QED) is 0.652. The number of anilines is 1. The summed E-state index contributed by atoms with van der Waals surface area (Å²) in [4.78, 5) is 21.3. The highest BCUT2D eigenvalue weighted by Crippen LogP contribution is 2.27. The summed E-state index contributed by atoms with van der Waals surface area (Å²) in [5, 5.41) is 13.5. The first kappa shape index (κ1) is 14.4. The lowest BCUT2D eigenvalue weighted by Crippen LogP contribution is -2.11. The van der Waals surface area contributed by atoms with Crippen molar-refractivity contribution in [1.82, 2.24) is 0 Å². The van der Waals surface area contributed by atoms with E-state index >= 15 is 0 Å². The van der Waals surface area contributed by atoms with E-state index in [1.807, 2.05) is 0 Å². The fraction of sp³-hybridized carbons (Fsp3) is 0.0714. The van der Waals surface area contributed by atoms with E-state index in [1.54, 1.807) is 24.3 Å². The van der Waals surface area contributed by atoms with E-state index in [9.17, 15) is 19.3 Å². The van der Waals surface area contributed by atoms with Crippen LogP contribution in [0.2, 0.25) is 0 Å². The van der Waals surface area contributed by atoms with E-state index in [0.717, 1.165) is 6.07 Å². The Labute approximate surface area is 119 Å². The maximum Gasteiger partial charge on any atom is 0.295 e. The van der Waals surface area contributed by atoms with Crippen LogP contribution in [0.3, 0.4) is 0 Å². The number of benzene rings is 2. The van der Waals surface area contributed by atoms with Gasteiger partial charge in [-0.05, 0) is 23.8 Å². The number of hydrogen-bond acceptors (Lipinski definition) is 4. The number of nitrogens with two attached hydrogens (primary N) is 1. The van der Waals surface area contributed by atoms with Crippen molar-refractivity contribution in [3.05, 3.63) is 69.5 Å². The Hall–Kier alpha value is -2.96. The van der Waals surface area contributed by atoms with E-state index in [4.69, 9.17) is 5.73 Å². The molecule has 0 bridgehead atoms. The van der Waals surface area contributed by atoms with Gasteiger partial charge in [0.1, 0.15) is 5.69 Å². The number of para-hydroxylation sites is 1. The number of amides is 1. The van der Waals surface area contributed by atoms with Crippen molar-refractivity contribution in [2.45, 2.75) is 6.54 Å². The third-order valence-corrected chi connectivity index (χ3v) is 2.87. The zero-order chi connectivity index (χ0) is 15.4. The molecule has 0 atom stereocenters. The molecule has 2 rings (SSSR count). The number of carbonyl (C=O) groups is 1. The van der Waals surface area contributed by atoms with Gasteiger partial charge in [-0.1, -0.05) is 18.2 Å². The lowest BCUT2D eigenvalue weighted by atomic mass is 10.1. The largest absolute Gasteiger partial charge is 0.373 e. The predicted molar refractivity (Wildman–Crippen MR) is 75.3 cm³/mol. The second kappa shape index (κ2) is 6.00. The first-order valence-corrected chi connectivity index (χ1v) is 6.04. The van der Waals surface area contributed by atoms with Gasteiger partial charge in [0.25, 0.3) is 5.69 Å². The maximum atomic E-state index is 13.7. The molecule has 0 radical (unpaired) electrons. The number of carbonyl (C=O) groups excluding carboxylic acids is 1. The van der Waals surface area contributed by atoms with E-state index in [-0.39, 0.29) is 17.9 Å². The van der Waals surface area contributed by atoms with Crippen molar-refractivity contribution in [1.29, 1.82) is 0 Å². The molecule has 0 heterocycles. The Balaban J connectivity index is 2.22. The van der Waals surface area contributed by atoms with Crippen molar-refractivity contribution >= 4 is 17.3 Å². The predicted octanol–water partition coefficient (Wildman–Crippen LogP) is 2.44. The number of rotatable bonds is 5. The summed E-state index contributed by atoms with van der Waals surface area (Å²) in [5.74, 6) is -1.29. The summed E-state index contributed by atoms with van der Waals surface area (Å²) < 4.78 is 13.7. The molecule has 108 valence electrons. The number of hydrogen-bond donors (Lipinski definition) is 2. The zero-order valence-electron chi connectivity index (χ0n) is 10.9. The summed E-state index contributed by atoms with van der Waals surface area (Å²) in [7, 11) is 0. The van der Waals surface area contributed by atoms with Crippen LogP contribution in [-0.2, 0) is 6.54 Å². The molecule has 0 aliphatic rings. The molecule has 1 amide bonds. The van der Waals surface area contributed by atoms with E-state index < -0.39 is 16.6 Å². The van der Waals surface area contributed by atoms with Gasteiger partial charge < -0.3 is 11.1 Å². The Morgan fingerprint density at radius 2 is 2.00 bits per heavy atom. The van der Waals surface area contributed by atoms with Gasteiger partial charge in [-0.2, -0.15) is 0 Å². The third kappa shape index (κ3) is 3.33. The Morgan fingerprint density at radius 3 is 2.67 bits per heavy atom. The highest BCUT2D eigenvalue weighted by molar-refractivity contribution is 5.92. The smallest absolute Gasteiger partial charge is 0.295 e. The van der Waals surface area contributed by atoms with Gasteiger partial charge in [-0.3, -0.25) is 14.9 Å². The molecule has 0 spiro atoms. The molecule has 2 aromatic carbocycles. The molecule has 21 heavy (non-hydrogen) atoms. The number of primary amides is 1. The van der Waals surface area contributed by atoms with Crippen LogP contribution in [0.25, 0.3) is 0 Å². The minimum Gasteiger partial charge on any atom is -0.373 e. The Bertz CT molecular complexity index is 704. The highest BCUT2D eigenvalue weighted by Gasteiger charge is 2.17. The van der Waals surface area contributed by atoms with Crippen LogP contribution in [0, 0.1) is 15.9 Å². The maximum absolute atomic E-state index is 13.7. The molecule has 0 fully saturated rings. The number of nitro benzene ring substituents is 1. The van der Waals surface area contributed by atoms with Gasteiger partial charge in [-0.25, -0.2) is 4.39 Å². The number of nitro groups is 1. The topological polar surface area (TPSA) is 98.3 Å². The van der Waals surface area contributed by atoms with Crippen LogP contribution >= 0.6 is 0 Å². The lowest BCUT2D eigenvalue weighted by Gasteiger charge is -2.08. The Morgan fingerprint density at radius 1 is 1.29 bits per heavy atom. The van der Waals surface area contributed by atoms with Crippen LogP contribution in [0.5, 0.6) is 0 Å². The monoisotopic (exact) mass is 289 g/mol. The molecule has 0 saturated heterocycles. The second-order valence-electron chi connectivity index (χ2n) is 4.31. The number of nitrogens with zero attached hydrogens (tertiary/aromatic N) is 1. The molecule has 0 aromatic heterocycles. The second-order valence-corrected chi connectivity index (χ2v) is 4.31. The van der Waals surface area contributed by atoms with E-state index in [2.05, 4.69) is 5.32 Å². The molecule has 0 aliphatic heterocycles. The van der Waals surface area contributed by atoms with Gasteiger partial charge in [0.15, 0.2) is 5.82 Å². The van der Waals surface area contributed by atoms with Crippen molar-refractivity contribution in [3.8, 4) is 0 Å². The lowest BCUT2D eigenvalue weighted by molar-refractivity contribution is -0.384. The minimum absolute atomic E-state index is 0.128. The normalized spacial score (nSPS) is 10.1. The fourth-order valence-electron chi connectivity index (χ4n) is 1.86.